The van der Waals surface area contributed by atoms with Crippen LogP contribution in [0.4, 0.5) is 0 Å². The Labute approximate surface area is 110 Å². The van der Waals surface area contributed by atoms with Crippen molar-refractivity contribution in [2.75, 3.05) is 0 Å². The number of hydrogen-bond acceptors (Lipinski definition) is 2. The van der Waals surface area contributed by atoms with E-state index in [4.69, 9.17) is 10.2 Å². The summed E-state index contributed by atoms with van der Waals surface area (Å²) in [4.78, 5) is 18.5. The third kappa shape index (κ3) is 1080. The molecular formula is C14H24O4. The molecule has 18 heavy (non-hydrogen) atoms. The topological polar surface area (TPSA) is 74.6 Å². The largest absolute Gasteiger partial charge is 0.478 e. The molecule has 0 amide bonds. The molecule has 0 rings (SSSR count). The Balaban J connectivity index is -0.0000000260. The van der Waals surface area contributed by atoms with E-state index < -0.39 is 11.9 Å². The van der Waals surface area contributed by atoms with Crippen LogP contribution < -0.4 is 0 Å². The molecule has 0 aromatic heterocycles. The van der Waals surface area contributed by atoms with Gasteiger partial charge in [0.05, 0.1) is 0 Å². The van der Waals surface area contributed by atoms with Gasteiger partial charge in [0.1, 0.15) is 0 Å². The SMILES string of the molecule is C=C.C=C.C=C.C=C.C=CC(=O)O.C=CC(=O)O. The molecular weight excluding hydrogens is 232 g/mol. The Hall–Kier alpha value is -2.62. The van der Waals surface area contributed by atoms with E-state index in [1.54, 1.807) is 0 Å². The van der Waals surface area contributed by atoms with Gasteiger partial charge in [-0.3, -0.25) is 0 Å². The van der Waals surface area contributed by atoms with Crippen molar-refractivity contribution in [3.05, 3.63) is 77.9 Å². The van der Waals surface area contributed by atoms with E-state index in [1.807, 2.05) is 0 Å². The first kappa shape index (κ1) is 36.1. The van der Waals surface area contributed by atoms with Crippen LogP contribution in [0.1, 0.15) is 0 Å². The lowest BCUT2D eigenvalue weighted by atomic mass is 10.7. The van der Waals surface area contributed by atoms with Gasteiger partial charge in [-0.1, -0.05) is 13.2 Å². The lowest BCUT2D eigenvalue weighted by Gasteiger charge is -1.64. The summed E-state index contributed by atoms with van der Waals surface area (Å²) in [7, 11) is 0. The van der Waals surface area contributed by atoms with E-state index in [1.165, 1.54) is 0 Å². The molecule has 0 aromatic rings. The molecule has 0 atom stereocenters. The second-order valence-electron chi connectivity index (χ2n) is 1.08. The second-order valence-corrected chi connectivity index (χ2v) is 1.08. The highest BCUT2D eigenvalue weighted by atomic mass is 16.4. The second kappa shape index (κ2) is 88.9. The average Bonchev–Trinajstić information content (AvgIpc) is 2.48. The highest BCUT2D eigenvalue weighted by Crippen LogP contribution is 1.55. The van der Waals surface area contributed by atoms with Gasteiger partial charge in [-0.05, 0) is 0 Å². The number of carbonyl (C=O) groups is 2. The van der Waals surface area contributed by atoms with Gasteiger partial charge >= 0.3 is 11.9 Å². The lowest BCUT2D eigenvalue weighted by Crippen LogP contribution is -1.82. The molecule has 0 aliphatic carbocycles. The Morgan fingerprint density at radius 2 is 0.667 bits per heavy atom. The number of rotatable bonds is 2. The van der Waals surface area contributed by atoms with E-state index in [0.717, 1.165) is 12.2 Å². The number of hydrogen-bond donors (Lipinski definition) is 2. The summed E-state index contributed by atoms with van der Waals surface area (Å²) in [5.74, 6) is -1.96. The van der Waals surface area contributed by atoms with Crippen LogP contribution in [-0.2, 0) is 9.59 Å². The van der Waals surface area contributed by atoms with Crippen LogP contribution in [0.2, 0.25) is 0 Å². The molecule has 0 aliphatic heterocycles. The quantitative estimate of drug-likeness (QED) is 0.583. The lowest BCUT2D eigenvalue weighted by molar-refractivity contribution is -0.132. The van der Waals surface area contributed by atoms with Crippen LogP contribution >= 0.6 is 0 Å². The average molecular weight is 256 g/mol. The zero-order valence-corrected chi connectivity index (χ0v) is 10.9. The van der Waals surface area contributed by atoms with Gasteiger partial charge in [-0.2, -0.15) is 0 Å². The van der Waals surface area contributed by atoms with Gasteiger partial charge in [-0.25, -0.2) is 9.59 Å². The minimum absolute atomic E-state index is 0.833. The van der Waals surface area contributed by atoms with Crippen LogP contribution in [0.15, 0.2) is 77.9 Å². The fourth-order valence-corrected chi connectivity index (χ4v) is 0. The maximum atomic E-state index is 9.25. The van der Waals surface area contributed by atoms with E-state index in [9.17, 15) is 9.59 Å². The number of carboxylic acids is 2. The first-order valence-corrected chi connectivity index (χ1v) is 4.25. The van der Waals surface area contributed by atoms with E-state index in [0.29, 0.717) is 0 Å². The predicted octanol–water partition coefficient (Wildman–Crippen LogP) is 3.72. The highest BCUT2D eigenvalue weighted by molar-refractivity contribution is 5.79. The Morgan fingerprint density at radius 1 is 0.611 bits per heavy atom. The summed E-state index contributed by atoms with van der Waals surface area (Å²) < 4.78 is 0. The number of aliphatic carboxylic acids is 2. The molecule has 0 aliphatic rings. The zero-order valence-electron chi connectivity index (χ0n) is 10.9. The molecule has 0 heterocycles. The van der Waals surface area contributed by atoms with Crippen molar-refractivity contribution in [3.63, 3.8) is 0 Å². The monoisotopic (exact) mass is 256 g/mol. The van der Waals surface area contributed by atoms with Crippen molar-refractivity contribution in [2.45, 2.75) is 0 Å². The first-order chi connectivity index (χ1) is 8.54. The van der Waals surface area contributed by atoms with Crippen LogP contribution in [0.25, 0.3) is 0 Å². The van der Waals surface area contributed by atoms with Crippen LogP contribution in [0.5, 0.6) is 0 Å². The normalized spacial score (nSPS) is 4.44. The van der Waals surface area contributed by atoms with Gasteiger partial charge in [0.2, 0.25) is 0 Å². The Morgan fingerprint density at radius 3 is 0.667 bits per heavy atom. The Kier molecular flexibility index (Phi) is 179. The fraction of sp³-hybridized carbons (Fsp3) is 0. The highest BCUT2D eigenvalue weighted by Gasteiger charge is 1.73. The molecule has 0 spiro atoms. The molecule has 2 N–H and O–H groups in total. The van der Waals surface area contributed by atoms with Crippen molar-refractivity contribution >= 4 is 11.9 Å². The van der Waals surface area contributed by atoms with Crippen LogP contribution in [0.3, 0.4) is 0 Å². The van der Waals surface area contributed by atoms with Gasteiger partial charge in [0.15, 0.2) is 0 Å². The molecule has 0 aromatic carbocycles. The Bertz CT molecular complexity index is 172. The van der Waals surface area contributed by atoms with E-state index in [2.05, 4.69) is 65.8 Å². The third-order valence-electron chi connectivity index (χ3n) is 0.349. The zero-order chi connectivity index (χ0) is 16.6. The van der Waals surface area contributed by atoms with Crippen molar-refractivity contribution in [1.29, 1.82) is 0 Å². The van der Waals surface area contributed by atoms with E-state index >= 15 is 0 Å². The van der Waals surface area contributed by atoms with Gasteiger partial charge in [0.25, 0.3) is 0 Å². The molecule has 0 saturated carbocycles. The molecule has 4 nitrogen and oxygen atoms in total. The van der Waals surface area contributed by atoms with Crippen molar-refractivity contribution in [2.24, 2.45) is 0 Å². The number of carboxylic acid groups (broad SMARTS) is 2. The fourth-order valence-electron chi connectivity index (χ4n) is 0. The summed E-state index contributed by atoms with van der Waals surface area (Å²) in [6, 6.07) is 0. The van der Waals surface area contributed by atoms with Crippen molar-refractivity contribution in [3.8, 4) is 0 Å². The smallest absolute Gasteiger partial charge is 0.327 e. The molecule has 0 unspecified atom stereocenters. The van der Waals surface area contributed by atoms with Crippen LogP contribution in [0, 0.1) is 0 Å². The molecule has 0 radical (unpaired) electrons. The first-order valence-electron chi connectivity index (χ1n) is 4.25. The van der Waals surface area contributed by atoms with Gasteiger partial charge in [-0.15, -0.1) is 52.6 Å². The maximum absolute atomic E-state index is 9.25. The van der Waals surface area contributed by atoms with Gasteiger partial charge < -0.3 is 10.2 Å². The molecule has 0 saturated heterocycles. The standard InChI is InChI=1S/2C3H4O2.4C2H4/c2*1-2-3(4)5;4*1-2/h2*2H,1H2,(H,4,5);4*1-2H2. The minimum Gasteiger partial charge on any atom is -0.478 e. The van der Waals surface area contributed by atoms with E-state index in [-0.39, 0.29) is 0 Å². The molecule has 0 bridgehead atoms. The maximum Gasteiger partial charge on any atom is 0.327 e. The summed E-state index contributed by atoms with van der Waals surface area (Å²) in [6.07, 6.45) is 1.67. The van der Waals surface area contributed by atoms with Crippen molar-refractivity contribution in [1.82, 2.24) is 0 Å². The van der Waals surface area contributed by atoms with Crippen molar-refractivity contribution < 1.29 is 19.8 Å². The summed E-state index contributed by atoms with van der Waals surface area (Å²) in [6.45, 7) is 29.9. The predicted molar refractivity (Wildman–Crippen MR) is 80.7 cm³/mol. The van der Waals surface area contributed by atoms with Gasteiger partial charge in [0, 0.05) is 12.2 Å². The molecule has 104 valence electrons. The minimum atomic E-state index is -0.981. The van der Waals surface area contributed by atoms with Crippen LogP contribution in [-0.4, -0.2) is 22.2 Å². The summed E-state index contributed by atoms with van der Waals surface area (Å²) >= 11 is 0. The third-order valence-corrected chi connectivity index (χ3v) is 0.349. The summed E-state index contributed by atoms with van der Waals surface area (Å²) in [5, 5.41) is 15.2. The molecule has 4 heteroatoms. The molecule has 0 fully saturated rings. The summed E-state index contributed by atoms with van der Waals surface area (Å²) in [5.41, 5.74) is 0.